The first-order valence-electron chi connectivity index (χ1n) is 6.24. The van der Waals surface area contributed by atoms with Gasteiger partial charge < -0.3 is 10.6 Å². The van der Waals surface area contributed by atoms with E-state index in [0.717, 1.165) is 12.6 Å². The first-order chi connectivity index (χ1) is 7.26. The molecule has 0 radical (unpaired) electrons. The maximum absolute atomic E-state index is 5.89. The van der Waals surface area contributed by atoms with Crippen molar-refractivity contribution in [2.45, 2.75) is 38.1 Å². The van der Waals surface area contributed by atoms with E-state index < -0.39 is 0 Å². The molecule has 2 fully saturated rings. The van der Waals surface area contributed by atoms with Crippen molar-refractivity contribution in [1.29, 1.82) is 0 Å². The largest absolute Gasteiger partial charge is 0.330 e. The van der Waals surface area contributed by atoms with Crippen LogP contribution in [0.1, 0.15) is 32.1 Å². The SMILES string of the molecule is CN(CCC1(CN)CCC1)C1CCSC1. The molecule has 0 bridgehead atoms. The molecule has 0 aromatic carbocycles. The molecule has 1 unspecified atom stereocenters. The second-order valence-electron chi connectivity index (χ2n) is 5.31. The first-order valence-corrected chi connectivity index (χ1v) is 7.39. The van der Waals surface area contributed by atoms with Gasteiger partial charge in [0.15, 0.2) is 0 Å². The van der Waals surface area contributed by atoms with Gasteiger partial charge in [0.25, 0.3) is 0 Å². The number of nitrogens with zero attached hydrogens (tertiary/aromatic N) is 1. The predicted molar refractivity (Wildman–Crippen MR) is 68.3 cm³/mol. The molecule has 1 aliphatic heterocycles. The van der Waals surface area contributed by atoms with Crippen molar-refractivity contribution < 1.29 is 0 Å². The third-order valence-corrected chi connectivity index (χ3v) is 5.52. The summed E-state index contributed by atoms with van der Waals surface area (Å²) in [5.74, 6) is 2.70. The molecule has 2 N–H and O–H groups in total. The zero-order valence-electron chi connectivity index (χ0n) is 9.87. The summed E-state index contributed by atoms with van der Waals surface area (Å²) in [4.78, 5) is 2.57. The van der Waals surface area contributed by atoms with Gasteiger partial charge >= 0.3 is 0 Å². The standard InChI is InChI=1S/C12H24N2S/c1-14(11-3-8-15-9-11)7-6-12(10-13)4-2-5-12/h11H,2-10,13H2,1H3. The van der Waals surface area contributed by atoms with Crippen molar-refractivity contribution >= 4 is 11.8 Å². The quantitative estimate of drug-likeness (QED) is 0.780. The Morgan fingerprint density at radius 3 is 2.73 bits per heavy atom. The predicted octanol–water partition coefficient (Wildman–Crippen LogP) is 1.94. The zero-order chi connectivity index (χ0) is 10.7. The average Bonchev–Trinajstić information content (AvgIpc) is 2.69. The average molecular weight is 228 g/mol. The fraction of sp³-hybridized carbons (Fsp3) is 1.00. The Labute approximate surface area is 98.0 Å². The van der Waals surface area contributed by atoms with Crippen LogP contribution in [-0.2, 0) is 0 Å². The molecule has 1 atom stereocenters. The zero-order valence-corrected chi connectivity index (χ0v) is 10.7. The van der Waals surface area contributed by atoms with Crippen LogP contribution in [0.15, 0.2) is 0 Å². The van der Waals surface area contributed by atoms with Gasteiger partial charge in [0.2, 0.25) is 0 Å². The summed E-state index contributed by atoms with van der Waals surface area (Å²) < 4.78 is 0. The summed E-state index contributed by atoms with van der Waals surface area (Å²) in [6, 6.07) is 0.838. The first kappa shape index (κ1) is 11.7. The highest BCUT2D eigenvalue weighted by Gasteiger charge is 2.35. The van der Waals surface area contributed by atoms with Gasteiger partial charge in [-0.3, -0.25) is 0 Å². The topological polar surface area (TPSA) is 29.3 Å². The lowest BCUT2D eigenvalue weighted by Crippen LogP contribution is -2.42. The van der Waals surface area contributed by atoms with Gasteiger partial charge in [-0.2, -0.15) is 11.8 Å². The highest BCUT2D eigenvalue weighted by Crippen LogP contribution is 2.43. The van der Waals surface area contributed by atoms with Gasteiger partial charge in [0, 0.05) is 11.8 Å². The van der Waals surface area contributed by atoms with E-state index in [4.69, 9.17) is 5.73 Å². The minimum absolute atomic E-state index is 0.528. The van der Waals surface area contributed by atoms with Gasteiger partial charge in [-0.25, -0.2) is 0 Å². The van der Waals surface area contributed by atoms with Crippen molar-refractivity contribution in [3.05, 3.63) is 0 Å². The summed E-state index contributed by atoms with van der Waals surface area (Å²) in [5, 5.41) is 0. The Balaban J connectivity index is 1.72. The molecule has 1 heterocycles. The lowest BCUT2D eigenvalue weighted by Gasteiger charge is -2.42. The third-order valence-electron chi connectivity index (χ3n) is 4.37. The number of rotatable bonds is 5. The molecule has 3 heteroatoms. The van der Waals surface area contributed by atoms with E-state index in [0.29, 0.717) is 5.41 Å². The Morgan fingerprint density at radius 1 is 1.47 bits per heavy atom. The Morgan fingerprint density at radius 2 is 2.27 bits per heavy atom. The molecule has 0 spiro atoms. The van der Waals surface area contributed by atoms with E-state index in [2.05, 4.69) is 23.7 Å². The van der Waals surface area contributed by atoms with Gasteiger partial charge in [-0.1, -0.05) is 6.42 Å². The van der Waals surface area contributed by atoms with Crippen LogP contribution in [0.4, 0.5) is 0 Å². The Hall–Kier alpha value is 0.270. The smallest absolute Gasteiger partial charge is 0.0191 e. The summed E-state index contributed by atoms with van der Waals surface area (Å²) in [6.07, 6.45) is 6.85. The molecule has 1 aliphatic carbocycles. The van der Waals surface area contributed by atoms with E-state index in [-0.39, 0.29) is 0 Å². The molecule has 0 amide bonds. The van der Waals surface area contributed by atoms with Gasteiger partial charge in [-0.05, 0) is 57.0 Å². The van der Waals surface area contributed by atoms with Crippen LogP contribution in [0, 0.1) is 5.41 Å². The highest BCUT2D eigenvalue weighted by molar-refractivity contribution is 7.99. The second-order valence-corrected chi connectivity index (χ2v) is 6.46. The maximum Gasteiger partial charge on any atom is 0.0191 e. The van der Waals surface area contributed by atoms with Crippen LogP contribution in [0.2, 0.25) is 0 Å². The molecule has 2 nitrogen and oxygen atoms in total. The van der Waals surface area contributed by atoms with E-state index in [1.165, 1.54) is 50.2 Å². The van der Waals surface area contributed by atoms with Gasteiger partial charge in [0.05, 0.1) is 0 Å². The van der Waals surface area contributed by atoms with Crippen LogP contribution in [0.25, 0.3) is 0 Å². The minimum Gasteiger partial charge on any atom is -0.330 e. The number of thioether (sulfide) groups is 1. The molecule has 2 rings (SSSR count). The summed E-state index contributed by atoms with van der Waals surface area (Å²) in [5.41, 5.74) is 6.41. The number of nitrogens with two attached hydrogens (primary N) is 1. The van der Waals surface area contributed by atoms with Crippen molar-refractivity contribution in [2.24, 2.45) is 11.1 Å². The van der Waals surface area contributed by atoms with Crippen molar-refractivity contribution in [3.8, 4) is 0 Å². The molecule has 15 heavy (non-hydrogen) atoms. The summed E-state index contributed by atoms with van der Waals surface area (Å²) >= 11 is 2.10. The molecular formula is C12H24N2S. The van der Waals surface area contributed by atoms with Crippen LogP contribution < -0.4 is 5.73 Å². The number of hydrogen-bond donors (Lipinski definition) is 1. The summed E-state index contributed by atoms with van der Waals surface area (Å²) in [6.45, 7) is 2.16. The van der Waals surface area contributed by atoms with Crippen LogP contribution in [0.5, 0.6) is 0 Å². The minimum atomic E-state index is 0.528. The fourth-order valence-corrected chi connectivity index (χ4v) is 4.00. The molecule has 1 saturated heterocycles. The van der Waals surface area contributed by atoms with Crippen LogP contribution >= 0.6 is 11.8 Å². The van der Waals surface area contributed by atoms with Crippen LogP contribution in [-0.4, -0.2) is 42.6 Å². The van der Waals surface area contributed by atoms with E-state index in [1.54, 1.807) is 0 Å². The molecule has 0 aromatic rings. The fourth-order valence-electron chi connectivity index (χ4n) is 2.70. The van der Waals surface area contributed by atoms with E-state index in [9.17, 15) is 0 Å². The lowest BCUT2D eigenvalue weighted by atomic mass is 9.66. The lowest BCUT2D eigenvalue weighted by molar-refractivity contribution is 0.104. The normalized spacial score (nSPS) is 29.4. The monoisotopic (exact) mass is 228 g/mol. The van der Waals surface area contributed by atoms with Gasteiger partial charge in [0.1, 0.15) is 0 Å². The molecular weight excluding hydrogens is 204 g/mol. The van der Waals surface area contributed by atoms with Crippen molar-refractivity contribution in [2.75, 3.05) is 31.6 Å². The molecule has 2 aliphatic rings. The highest BCUT2D eigenvalue weighted by atomic mass is 32.2. The van der Waals surface area contributed by atoms with Gasteiger partial charge in [-0.15, -0.1) is 0 Å². The maximum atomic E-state index is 5.89. The third kappa shape index (κ3) is 2.69. The number of hydrogen-bond acceptors (Lipinski definition) is 3. The van der Waals surface area contributed by atoms with Crippen molar-refractivity contribution in [1.82, 2.24) is 4.90 Å². The summed E-state index contributed by atoms with van der Waals surface area (Å²) in [7, 11) is 2.29. The molecule has 88 valence electrons. The molecule has 0 aromatic heterocycles. The van der Waals surface area contributed by atoms with Crippen LogP contribution in [0.3, 0.4) is 0 Å². The van der Waals surface area contributed by atoms with Crippen molar-refractivity contribution in [3.63, 3.8) is 0 Å². The Kier molecular flexibility index (Phi) is 3.97. The Bertz CT molecular complexity index is 192. The van der Waals surface area contributed by atoms with E-state index >= 15 is 0 Å². The molecule has 1 saturated carbocycles. The second kappa shape index (κ2) is 5.07. The van der Waals surface area contributed by atoms with E-state index in [1.807, 2.05) is 0 Å².